The SMILES string of the molecule is Cc1cc(/C=N/Nc2ccc(F)cc2F)c(C)[nH]1. The highest BCUT2D eigenvalue weighted by Crippen LogP contribution is 2.14. The maximum Gasteiger partial charge on any atom is 0.151 e. The van der Waals surface area contributed by atoms with Gasteiger partial charge < -0.3 is 4.98 Å². The molecule has 0 aliphatic rings. The molecule has 0 atom stereocenters. The van der Waals surface area contributed by atoms with Crippen molar-refractivity contribution in [2.45, 2.75) is 13.8 Å². The zero-order valence-corrected chi connectivity index (χ0v) is 10.1. The van der Waals surface area contributed by atoms with Gasteiger partial charge in [0.2, 0.25) is 0 Å². The first-order valence-corrected chi connectivity index (χ1v) is 5.46. The lowest BCUT2D eigenvalue weighted by atomic mass is 10.3. The quantitative estimate of drug-likeness (QED) is 0.635. The third-order valence-corrected chi connectivity index (χ3v) is 2.51. The molecule has 0 amide bonds. The zero-order chi connectivity index (χ0) is 13.1. The lowest BCUT2D eigenvalue weighted by molar-refractivity contribution is 0.585. The van der Waals surface area contributed by atoms with E-state index >= 15 is 0 Å². The van der Waals surface area contributed by atoms with Gasteiger partial charge in [-0.3, -0.25) is 5.43 Å². The van der Waals surface area contributed by atoms with Crippen LogP contribution < -0.4 is 5.43 Å². The van der Waals surface area contributed by atoms with E-state index in [-0.39, 0.29) is 5.69 Å². The van der Waals surface area contributed by atoms with Gasteiger partial charge in [-0.1, -0.05) is 0 Å². The second kappa shape index (κ2) is 5.00. The van der Waals surface area contributed by atoms with E-state index in [0.717, 1.165) is 23.0 Å². The van der Waals surface area contributed by atoms with Gasteiger partial charge in [0.1, 0.15) is 5.82 Å². The van der Waals surface area contributed by atoms with Crippen LogP contribution in [0.15, 0.2) is 29.4 Å². The van der Waals surface area contributed by atoms with E-state index in [0.29, 0.717) is 0 Å². The summed E-state index contributed by atoms with van der Waals surface area (Å²) in [6.07, 6.45) is 1.58. The number of aromatic nitrogens is 1. The van der Waals surface area contributed by atoms with Crippen LogP contribution >= 0.6 is 0 Å². The molecule has 2 N–H and O–H groups in total. The first-order valence-electron chi connectivity index (χ1n) is 5.46. The second-order valence-corrected chi connectivity index (χ2v) is 4.03. The summed E-state index contributed by atoms with van der Waals surface area (Å²) in [7, 11) is 0. The number of hydrazone groups is 1. The fourth-order valence-corrected chi connectivity index (χ4v) is 1.63. The molecule has 0 bridgehead atoms. The highest BCUT2D eigenvalue weighted by atomic mass is 19.1. The van der Waals surface area contributed by atoms with Crippen molar-refractivity contribution in [1.82, 2.24) is 4.98 Å². The Balaban J connectivity index is 2.09. The van der Waals surface area contributed by atoms with Gasteiger partial charge in [-0.15, -0.1) is 0 Å². The summed E-state index contributed by atoms with van der Waals surface area (Å²) in [5.41, 5.74) is 5.61. The summed E-state index contributed by atoms with van der Waals surface area (Å²) in [5, 5.41) is 3.92. The molecule has 0 aliphatic heterocycles. The maximum atomic E-state index is 13.3. The molecule has 0 unspecified atom stereocenters. The minimum absolute atomic E-state index is 0.137. The van der Waals surface area contributed by atoms with Crippen molar-refractivity contribution >= 4 is 11.9 Å². The number of halogens is 2. The van der Waals surface area contributed by atoms with Crippen molar-refractivity contribution in [1.29, 1.82) is 0 Å². The zero-order valence-electron chi connectivity index (χ0n) is 10.1. The van der Waals surface area contributed by atoms with Crippen molar-refractivity contribution in [3.63, 3.8) is 0 Å². The third-order valence-electron chi connectivity index (χ3n) is 2.51. The first kappa shape index (κ1) is 12.3. The summed E-state index contributed by atoms with van der Waals surface area (Å²) in [4.78, 5) is 3.13. The molecule has 1 heterocycles. The molecule has 1 aromatic carbocycles. The molecule has 3 nitrogen and oxygen atoms in total. The number of rotatable bonds is 3. The molecule has 0 fully saturated rings. The van der Waals surface area contributed by atoms with E-state index in [1.165, 1.54) is 12.1 Å². The highest BCUT2D eigenvalue weighted by Gasteiger charge is 2.02. The number of aromatic amines is 1. The van der Waals surface area contributed by atoms with Gasteiger partial charge in [0.05, 0.1) is 11.9 Å². The molecule has 2 rings (SSSR count). The topological polar surface area (TPSA) is 40.2 Å². The van der Waals surface area contributed by atoms with Crippen LogP contribution in [0.2, 0.25) is 0 Å². The number of anilines is 1. The molecular weight excluding hydrogens is 236 g/mol. The fraction of sp³-hybridized carbons (Fsp3) is 0.154. The highest BCUT2D eigenvalue weighted by molar-refractivity contribution is 5.82. The monoisotopic (exact) mass is 249 g/mol. The van der Waals surface area contributed by atoms with Gasteiger partial charge in [-0.2, -0.15) is 5.10 Å². The van der Waals surface area contributed by atoms with Crippen LogP contribution in [0.4, 0.5) is 14.5 Å². The molecule has 0 spiro atoms. The van der Waals surface area contributed by atoms with Crippen molar-refractivity contribution in [2.75, 3.05) is 5.43 Å². The Morgan fingerprint density at radius 2 is 2.00 bits per heavy atom. The molecule has 0 saturated heterocycles. The Hall–Kier alpha value is -2.17. The summed E-state index contributed by atoms with van der Waals surface area (Å²) in [5.74, 6) is -1.28. The molecule has 18 heavy (non-hydrogen) atoms. The van der Waals surface area contributed by atoms with Gasteiger partial charge >= 0.3 is 0 Å². The maximum absolute atomic E-state index is 13.3. The van der Waals surface area contributed by atoms with Gasteiger partial charge in [-0.05, 0) is 32.0 Å². The van der Waals surface area contributed by atoms with Crippen LogP contribution in [-0.2, 0) is 0 Å². The third kappa shape index (κ3) is 2.74. The molecular formula is C13H13F2N3. The normalized spacial score (nSPS) is 11.1. The lowest BCUT2D eigenvalue weighted by Crippen LogP contribution is -1.94. The smallest absolute Gasteiger partial charge is 0.151 e. The van der Waals surface area contributed by atoms with Crippen molar-refractivity contribution in [3.8, 4) is 0 Å². The fourth-order valence-electron chi connectivity index (χ4n) is 1.63. The Morgan fingerprint density at radius 3 is 2.61 bits per heavy atom. The van der Waals surface area contributed by atoms with Crippen LogP contribution in [0, 0.1) is 25.5 Å². The van der Waals surface area contributed by atoms with Gasteiger partial charge in [0.25, 0.3) is 0 Å². The van der Waals surface area contributed by atoms with Crippen molar-refractivity contribution < 1.29 is 8.78 Å². The van der Waals surface area contributed by atoms with Crippen molar-refractivity contribution in [2.24, 2.45) is 5.10 Å². The summed E-state index contributed by atoms with van der Waals surface area (Å²) < 4.78 is 26.0. The Bertz CT molecular complexity index is 588. The Kier molecular flexibility index (Phi) is 3.41. The molecule has 0 saturated carbocycles. The predicted octanol–water partition coefficient (Wildman–Crippen LogP) is 3.36. The van der Waals surface area contributed by atoms with E-state index in [9.17, 15) is 8.78 Å². The van der Waals surface area contributed by atoms with Crippen LogP contribution in [-0.4, -0.2) is 11.2 Å². The van der Waals surface area contributed by atoms with Crippen LogP contribution in [0.3, 0.4) is 0 Å². The van der Waals surface area contributed by atoms with E-state index in [2.05, 4.69) is 15.5 Å². The minimum Gasteiger partial charge on any atom is -0.362 e. The van der Waals surface area contributed by atoms with Crippen molar-refractivity contribution in [3.05, 3.63) is 52.9 Å². The van der Waals surface area contributed by atoms with Gasteiger partial charge in [-0.25, -0.2) is 8.78 Å². The number of hydrogen-bond donors (Lipinski definition) is 2. The summed E-state index contributed by atoms with van der Waals surface area (Å²) in [6.45, 7) is 3.87. The van der Waals surface area contributed by atoms with Crippen LogP contribution in [0.25, 0.3) is 0 Å². The number of H-pyrrole nitrogens is 1. The number of nitrogens with one attached hydrogen (secondary N) is 2. The first-order chi connectivity index (χ1) is 8.56. The van der Waals surface area contributed by atoms with Crippen LogP contribution in [0.1, 0.15) is 17.0 Å². The van der Waals surface area contributed by atoms with Crippen LogP contribution in [0.5, 0.6) is 0 Å². The number of aryl methyl sites for hydroxylation is 2. The molecule has 0 radical (unpaired) electrons. The average Bonchev–Trinajstić information content (AvgIpc) is 2.61. The summed E-state index contributed by atoms with van der Waals surface area (Å²) in [6, 6.07) is 5.22. The van der Waals surface area contributed by atoms with E-state index in [1.54, 1.807) is 6.21 Å². The molecule has 5 heteroatoms. The second-order valence-electron chi connectivity index (χ2n) is 4.03. The van der Waals surface area contributed by atoms with E-state index < -0.39 is 11.6 Å². The predicted molar refractivity (Wildman–Crippen MR) is 67.8 cm³/mol. The molecule has 1 aromatic heterocycles. The standard InChI is InChI=1S/C13H13F2N3/c1-8-5-10(9(2)17-8)7-16-18-13-4-3-11(14)6-12(13)15/h3-7,17-18H,1-2H3/b16-7+. The Morgan fingerprint density at radius 1 is 1.22 bits per heavy atom. The number of hydrogen-bond acceptors (Lipinski definition) is 2. The minimum atomic E-state index is -0.672. The van der Waals surface area contributed by atoms with Gasteiger partial charge in [0, 0.05) is 23.0 Å². The summed E-state index contributed by atoms with van der Waals surface area (Å²) >= 11 is 0. The average molecular weight is 249 g/mol. The number of nitrogens with zero attached hydrogens (tertiary/aromatic N) is 1. The largest absolute Gasteiger partial charge is 0.362 e. The van der Waals surface area contributed by atoms with E-state index in [1.807, 2.05) is 19.9 Å². The Labute approximate surface area is 104 Å². The van der Waals surface area contributed by atoms with E-state index in [4.69, 9.17) is 0 Å². The lowest BCUT2D eigenvalue weighted by Gasteiger charge is -2.01. The molecule has 94 valence electrons. The van der Waals surface area contributed by atoms with Gasteiger partial charge in [0.15, 0.2) is 5.82 Å². The molecule has 2 aromatic rings. The number of benzene rings is 1. The molecule has 0 aliphatic carbocycles.